The van der Waals surface area contributed by atoms with Crippen molar-refractivity contribution in [3.05, 3.63) is 96.1 Å². The maximum Gasteiger partial charge on any atom is 0.261 e. The summed E-state index contributed by atoms with van der Waals surface area (Å²) >= 11 is 0. The van der Waals surface area contributed by atoms with E-state index in [1.54, 1.807) is 18.2 Å². The second-order valence-electron chi connectivity index (χ2n) is 8.05. The number of methoxy groups -OCH3 is 1. The lowest BCUT2D eigenvalue weighted by molar-refractivity contribution is 0.102. The van der Waals surface area contributed by atoms with Crippen molar-refractivity contribution in [2.45, 2.75) is 11.8 Å². The van der Waals surface area contributed by atoms with Gasteiger partial charge in [-0.15, -0.1) is 0 Å². The van der Waals surface area contributed by atoms with Gasteiger partial charge in [0, 0.05) is 22.4 Å². The molecule has 35 heavy (non-hydrogen) atoms. The van der Waals surface area contributed by atoms with Gasteiger partial charge in [-0.25, -0.2) is 8.42 Å². The van der Waals surface area contributed by atoms with Crippen molar-refractivity contribution in [1.82, 2.24) is 0 Å². The van der Waals surface area contributed by atoms with Crippen LogP contribution in [0, 0.1) is 6.92 Å². The van der Waals surface area contributed by atoms with Crippen LogP contribution in [0.2, 0.25) is 0 Å². The minimum atomic E-state index is -3.80. The average Bonchev–Trinajstić information content (AvgIpc) is 3.22. The van der Waals surface area contributed by atoms with Crippen molar-refractivity contribution in [2.75, 3.05) is 17.1 Å². The van der Waals surface area contributed by atoms with Crippen LogP contribution < -0.4 is 14.8 Å². The number of carbonyl (C=O) groups is 1. The Morgan fingerprint density at radius 2 is 1.54 bits per heavy atom. The van der Waals surface area contributed by atoms with E-state index in [2.05, 4.69) is 10.0 Å². The molecule has 0 saturated carbocycles. The van der Waals surface area contributed by atoms with Crippen LogP contribution in [0.3, 0.4) is 0 Å². The Bertz CT molecular complexity index is 1670. The van der Waals surface area contributed by atoms with E-state index in [0.717, 1.165) is 21.9 Å². The number of carbonyl (C=O) groups excluding carboxylic acids is 1. The van der Waals surface area contributed by atoms with Gasteiger partial charge in [-0.05, 0) is 55.0 Å². The number of fused-ring (bicyclic) bond motifs is 3. The van der Waals surface area contributed by atoms with E-state index < -0.39 is 15.9 Å². The molecule has 0 aliphatic carbocycles. The van der Waals surface area contributed by atoms with Gasteiger partial charge in [0.1, 0.15) is 16.9 Å². The first-order valence-corrected chi connectivity index (χ1v) is 12.3. The van der Waals surface area contributed by atoms with Crippen molar-refractivity contribution in [3.63, 3.8) is 0 Å². The number of amides is 1. The second kappa shape index (κ2) is 8.81. The summed E-state index contributed by atoms with van der Waals surface area (Å²) in [5.41, 5.74) is 3.41. The van der Waals surface area contributed by atoms with Gasteiger partial charge in [-0.2, -0.15) is 0 Å². The van der Waals surface area contributed by atoms with Crippen LogP contribution in [0.1, 0.15) is 15.9 Å². The highest BCUT2D eigenvalue weighted by Gasteiger charge is 2.18. The molecule has 0 atom stereocenters. The number of sulfonamides is 1. The van der Waals surface area contributed by atoms with Crippen molar-refractivity contribution in [2.24, 2.45) is 0 Å². The summed E-state index contributed by atoms with van der Waals surface area (Å²) in [7, 11) is -2.27. The molecule has 0 bridgehead atoms. The molecule has 1 heterocycles. The third-order valence-electron chi connectivity index (χ3n) is 5.76. The van der Waals surface area contributed by atoms with Crippen LogP contribution in [-0.4, -0.2) is 21.4 Å². The summed E-state index contributed by atoms with van der Waals surface area (Å²) in [4.78, 5) is 13.0. The Morgan fingerprint density at radius 1 is 0.829 bits per heavy atom. The number of hydrogen-bond donors (Lipinski definition) is 2. The zero-order valence-corrected chi connectivity index (χ0v) is 19.8. The van der Waals surface area contributed by atoms with E-state index in [0.29, 0.717) is 28.3 Å². The fraction of sp³-hybridized carbons (Fsp3) is 0.0741. The van der Waals surface area contributed by atoms with Gasteiger partial charge in [-0.3, -0.25) is 9.52 Å². The van der Waals surface area contributed by atoms with Crippen LogP contribution in [0.25, 0.3) is 21.9 Å². The third-order valence-corrected chi connectivity index (χ3v) is 7.14. The van der Waals surface area contributed by atoms with Crippen LogP contribution in [-0.2, 0) is 10.0 Å². The number of para-hydroxylation sites is 2. The summed E-state index contributed by atoms with van der Waals surface area (Å²) in [6, 6.07) is 24.0. The molecule has 0 unspecified atom stereocenters. The highest BCUT2D eigenvalue weighted by molar-refractivity contribution is 7.92. The summed E-state index contributed by atoms with van der Waals surface area (Å²) in [6.45, 7) is 1.82. The fourth-order valence-corrected chi connectivity index (χ4v) is 5.02. The molecule has 8 heteroatoms. The lowest BCUT2D eigenvalue weighted by Crippen LogP contribution is -2.15. The Labute approximate surface area is 202 Å². The van der Waals surface area contributed by atoms with Crippen LogP contribution in [0.4, 0.5) is 11.4 Å². The summed E-state index contributed by atoms with van der Waals surface area (Å²) in [5.74, 6) is 0.0774. The topological polar surface area (TPSA) is 97.6 Å². The minimum Gasteiger partial charge on any atom is -0.495 e. The van der Waals surface area contributed by atoms with Gasteiger partial charge in [-0.1, -0.05) is 36.4 Å². The van der Waals surface area contributed by atoms with Crippen LogP contribution >= 0.6 is 0 Å². The molecule has 176 valence electrons. The summed E-state index contributed by atoms with van der Waals surface area (Å²) < 4.78 is 39.5. The predicted molar refractivity (Wildman–Crippen MR) is 137 cm³/mol. The second-order valence-corrected chi connectivity index (χ2v) is 9.73. The predicted octanol–water partition coefficient (Wildman–Crippen LogP) is 5.96. The van der Waals surface area contributed by atoms with Gasteiger partial charge >= 0.3 is 0 Å². The number of aryl methyl sites for hydroxylation is 1. The first-order chi connectivity index (χ1) is 16.9. The van der Waals surface area contributed by atoms with E-state index >= 15 is 0 Å². The highest BCUT2D eigenvalue weighted by atomic mass is 32.2. The molecule has 5 aromatic rings. The molecule has 7 nitrogen and oxygen atoms in total. The van der Waals surface area contributed by atoms with Crippen molar-refractivity contribution < 1.29 is 22.4 Å². The maximum atomic E-state index is 12.9. The molecule has 0 aliphatic rings. The monoisotopic (exact) mass is 486 g/mol. The minimum absolute atomic E-state index is 0.0542. The quantitative estimate of drug-likeness (QED) is 0.309. The van der Waals surface area contributed by atoms with E-state index in [-0.39, 0.29) is 4.90 Å². The Kier molecular flexibility index (Phi) is 5.66. The molecule has 1 aromatic heterocycles. The van der Waals surface area contributed by atoms with Gasteiger partial charge in [0.25, 0.3) is 15.9 Å². The fourth-order valence-electron chi connectivity index (χ4n) is 3.89. The molecule has 1 amide bonds. The number of anilines is 2. The summed E-state index contributed by atoms with van der Waals surface area (Å²) in [5, 5.41) is 4.66. The lowest BCUT2D eigenvalue weighted by Gasteiger charge is -2.12. The third kappa shape index (κ3) is 4.31. The highest BCUT2D eigenvalue weighted by Crippen LogP contribution is 2.36. The number of ether oxygens (including phenoxy) is 1. The smallest absolute Gasteiger partial charge is 0.261 e. The largest absolute Gasteiger partial charge is 0.495 e. The zero-order valence-electron chi connectivity index (χ0n) is 19.0. The first-order valence-electron chi connectivity index (χ1n) is 10.8. The number of hydrogen-bond acceptors (Lipinski definition) is 5. The standard InChI is InChI=1S/C27H22N2O5S/c1-17-7-3-5-9-22(17)29-35(31,32)19-13-11-18(12-14-19)27(30)28-23-16-25-21(15-26(23)33-2)20-8-4-6-10-24(20)34-25/h3-16,29H,1-2H3,(H,28,30). The van der Waals surface area contributed by atoms with E-state index in [9.17, 15) is 13.2 Å². The van der Waals surface area contributed by atoms with Crippen molar-refractivity contribution in [3.8, 4) is 5.75 Å². The number of furan rings is 1. The van der Waals surface area contributed by atoms with Crippen LogP contribution in [0.5, 0.6) is 5.75 Å². The first kappa shape index (κ1) is 22.5. The normalized spacial score (nSPS) is 11.5. The maximum absolute atomic E-state index is 12.9. The molecule has 0 radical (unpaired) electrons. The Morgan fingerprint density at radius 3 is 2.29 bits per heavy atom. The number of rotatable bonds is 6. The van der Waals surface area contributed by atoms with E-state index in [1.807, 2.05) is 49.4 Å². The molecule has 0 aliphatic heterocycles. The summed E-state index contributed by atoms with van der Waals surface area (Å²) in [6.07, 6.45) is 0. The van der Waals surface area contributed by atoms with E-state index in [1.165, 1.54) is 31.4 Å². The van der Waals surface area contributed by atoms with Gasteiger partial charge in [0.05, 0.1) is 23.4 Å². The molecular formula is C27H22N2O5S. The SMILES string of the molecule is COc1cc2c(cc1NC(=O)c1ccc(S(=O)(=O)Nc3ccccc3C)cc1)oc1ccccc12. The molecule has 5 rings (SSSR count). The molecule has 2 N–H and O–H groups in total. The Hall–Kier alpha value is -4.30. The average molecular weight is 487 g/mol. The van der Waals surface area contributed by atoms with Gasteiger partial charge < -0.3 is 14.5 Å². The van der Waals surface area contributed by atoms with Crippen molar-refractivity contribution in [1.29, 1.82) is 0 Å². The number of benzene rings is 4. The molecule has 0 fully saturated rings. The van der Waals surface area contributed by atoms with Gasteiger partial charge in [0.2, 0.25) is 0 Å². The van der Waals surface area contributed by atoms with E-state index in [4.69, 9.17) is 9.15 Å². The van der Waals surface area contributed by atoms with Crippen LogP contribution in [0.15, 0.2) is 94.2 Å². The lowest BCUT2D eigenvalue weighted by atomic mass is 10.1. The molecule has 0 spiro atoms. The molecular weight excluding hydrogens is 464 g/mol. The number of nitrogens with one attached hydrogen (secondary N) is 2. The molecule has 0 saturated heterocycles. The Balaban J connectivity index is 1.39. The van der Waals surface area contributed by atoms with Crippen molar-refractivity contribution >= 4 is 49.2 Å². The zero-order chi connectivity index (χ0) is 24.6. The molecule has 4 aromatic carbocycles. The van der Waals surface area contributed by atoms with Gasteiger partial charge in [0.15, 0.2) is 0 Å².